The second kappa shape index (κ2) is 16.2. The number of benzene rings is 1. The number of hydrogen-bond acceptors (Lipinski definition) is 11. The average Bonchev–Trinajstić information content (AvgIpc) is 4.11. The van der Waals surface area contributed by atoms with Gasteiger partial charge < -0.3 is 19.1 Å². The number of allylic oxidation sites excluding steroid dienone is 1. The van der Waals surface area contributed by atoms with Crippen molar-refractivity contribution in [2.24, 2.45) is 40.4 Å². The molecule has 3 heterocycles. The zero-order valence-electron chi connectivity index (χ0n) is 35.5. The Morgan fingerprint density at radius 3 is 2.45 bits per heavy atom. The van der Waals surface area contributed by atoms with Gasteiger partial charge in [-0.15, -0.1) is 0 Å². The van der Waals surface area contributed by atoms with Gasteiger partial charge in [-0.05, 0) is 93.7 Å². The Bertz CT molecular complexity index is 2170. The third-order valence-corrected chi connectivity index (χ3v) is 15.5. The van der Waals surface area contributed by atoms with E-state index in [9.17, 15) is 26.8 Å². The fourth-order valence-corrected chi connectivity index (χ4v) is 10.4. The highest BCUT2D eigenvalue weighted by Crippen LogP contribution is 2.59. The van der Waals surface area contributed by atoms with E-state index in [1.807, 2.05) is 46.8 Å². The van der Waals surface area contributed by atoms with E-state index in [4.69, 9.17) is 24.2 Å². The number of halogens is 2. The molecule has 16 heteroatoms. The van der Waals surface area contributed by atoms with Crippen molar-refractivity contribution in [3.05, 3.63) is 30.0 Å². The van der Waals surface area contributed by atoms with E-state index < -0.39 is 98.3 Å². The number of rotatable bonds is 10. The zero-order chi connectivity index (χ0) is 43.5. The first-order valence-electron chi connectivity index (χ1n) is 21.2. The molecule has 3 saturated carbocycles. The van der Waals surface area contributed by atoms with Crippen molar-refractivity contribution in [1.29, 1.82) is 0 Å². The predicted molar refractivity (Wildman–Crippen MR) is 218 cm³/mol. The minimum absolute atomic E-state index is 0.0457. The molecule has 4 fully saturated rings. The Morgan fingerprint density at radius 1 is 1.08 bits per heavy atom. The first-order chi connectivity index (χ1) is 28.2. The molecule has 13 nitrogen and oxygen atoms in total. The monoisotopic (exact) mass is 856 g/mol. The Hall–Kier alpha value is -4.21. The summed E-state index contributed by atoms with van der Waals surface area (Å²) in [5.41, 5.74) is -1.26. The minimum atomic E-state index is -4.21. The summed E-state index contributed by atoms with van der Waals surface area (Å²) in [5.74, 6) is -5.17. The molecule has 60 heavy (non-hydrogen) atoms. The lowest BCUT2D eigenvalue weighted by Gasteiger charge is -2.36. The molecule has 0 unspecified atom stereocenters. The molecule has 2 aromatic rings. The SMILES string of the molecule is COc1ccc2nc3c(nc2c1)O[C@H]1CN(C(=O)[C@H](C(C)(C)C)CC(=O)O[C@@H]2C[C@H]2CCC/C=C/3)[C@H](C(=O)C[C@]2(C(=O)NS(=O)(=O)C3(C)CC3)C[C@H]2C(F)F)[C@@H]1CC(C)C. The Morgan fingerprint density at radius 2 is 1.82 bits per heavy atom. The number of esters is 1. The molecular formula is C44H58F2N4O9S. The maximum absolute atomic E-state index is 15.1. The standard InChI is InChI=1S/C44H58F2N4O9S/c1-24(2)17-27-35-23-50(37(27)33(51)22-44(21-29(44)38(45)46)41(54)49-60(55,56)43(6)15-16-43)40(53)28(42(3,4)5)20-36(52)58-34-18-25(34)11-9-8-10-12-31-39(59-35)48-32-19-26(57-7)13-14-30(32)47-31/h10,12-14,19,24-25,27-29,34-35,37-38H,8-9,11,15-18,20-23H2,1-7H3,(H,49,54)/b12-10+/t25-,27-,28-,29+,34-,35+,37+,44-/m1/s1. The van der Waals surface area contributed by atoms with Crippen molar-refractivity contribution in [3.63, 3.8) is 0 Å². The quantitative estimate of drug-likeness (QED) is 0.253. The molecule has 0 radical (unpaired) electrons. The highest BCUT2D eigenvalue weighted by Gasteiger charge is 2.67. The third-order valence-electron chi connectivity index (χ3n) is 13.4. The van der Waals surface area contributed by atoms with Crippen LogP contribution in [0.15, 0.2) is 24.3 Å². The minimum Gasteiger partial charge on any atom is -0.497 e. The van der Waals surface area contributed by atoms with Crippen molar-refractivity contribution in [1.82, 2.24) is 19.6 Å². The molecule has 1 aromatic carbocycles. The molecule has 2 bridgehead atoms. The van der Waals surface area contributed by atoms with Crippen LogP contribution in [0.4, 0.5) is 8.78 Å². The highest BCUT2D eigenvalue weighted by molar-refractivity contribution is 7.91. The van der Waals surface area contributed by atoms with Crippen LogP contribution < -0.4 is 14.2 Å². The van der Waals surface area contributed by atoms with Crippen LogP contribution in [-0.2, 0) is 33.9 Å². The van der Waals surface area contributed by atoms with Crippen LogP contribution >= 0.6 is 0 Å². The third kappa shape index (κ3) is 8.90. The van der Waals surface area contributed by atoms with Gasteiger partial charge in [-0.25, -0.2) is 27.2 Å². The van der Waals surface area contributed by atoms with Gasteiger partial charge in [-0.2, -0.15) is 0 Å². The Labute approximate surface area is 350 Å². The predicted octanol–water partition coefficient (Wildman–Crippen LogP) is 6.67. The fourth-order valence-electron chi connectivity index (χ4n) is 9.09. The van der Waals surface area contributed by atoms with E-state index in [2.05, 4.69) is 4.72 Å². The maximum atomic E-state index is 15.1. The van der Waals surface area contributed by atoms with Gasteiger partial charge in [-0.3, -0.25) is 23.9 Å². The summed E-state index contributed by atoms with van der Waals surface area (Å²) < 4.78 is 74.3. The second-order valence-corrected chi connectivity index (χ2v) is 21.7. The number of carbonyl (C=O) groups excluding carboxylic acids is 4. The Kier molecular flexibility index (Phi) is 11.9. The van der Waals surface area contributed by atoms with E-state index in [1.54, 1.807) is 25.3 Å². The summed E-state index contributed by atoms with van der Waals surface area (Å²) in [4.78, 5) is 68.7. The van der Waals surface area contributed by atoms with E-state index in [1.165, 1.54) is 11.8 Å². The molecule has 3 aliphatic carbocycles. The molecule has 2 amide bonds. The molecule has 7 rings (SSSR count). The second-order valence-electron chi connectivity index (χ2n) is 19.5. The number of carbonyl (C=O) groups is 4. The number of sulfonamides is 1. The van der Waals surface area contributed by atoms with Gasteiger partial charge in [-0.1, -0.05) is 40.7 Å². The number of nitrogens with one attached hydrogen (secondary N) is 1. The number of aromatic nitrogens is 2. The number of Topliss-reactive ketones (excluding diaryl/α,β-unsaturated/α-hetero) is 1. The molecule has 2 aliphatic heterocycles. The van der Waals surface area contributed by atoms with E-state index in [0.29, 0.717) is 41.7 Å². The van der Waals surface area contributed by atoms with Gasteiger partial charge >= 0.3 is 5.97 Å². The number of amides is 2. The van der Waals surface area contributed by atoms with Crippen LogP contribution in [0.25, 0.3) is 17.1 Å². The number of nitrogens with zero attached hydrogens (tertiary/aromatic N) is 3. The Balaban J connectivity index is 1.31. The lowest BCUT2D eigenvalue weighted by molar-refractivity contribution is -0.154. The van der Waals surface area contributed by atoms with Gasteiger partial charge in [0, 0.05) is 24.3 Å². The number of hydrogen-bond donors (Lipinski definition) is 1. The summed E-state index contributed by atoms with van der Waals surface area (Å²) in [6.07, 6.45) is 2.49. The van der Waals surface area contributed by atoms with Gasteiger partial charge in [0.2, 0.25) is 34.1 Å². The van der Waals surface area contributed by atoms with Crippen molar-refractivity contribution >= 4 is 50.7 Å². The number of methoxy groups -OCH3 is 1. The first-order valence-corrected chi connectivity index (χ1v) is 22.7. The number of fused-ring (bicyclic) bond motifs is 5. The number of alkyl halides is 2. The maximum Gasteiger partial charge on any atom is 0.306 e. The first kappa shape index (κ1) is 43.9. The summed E-state index contributed by atoms with van der Waals surface area (Å²) in [5, 5.41) is 0. The van der Waals surface area contributed by atoms with Crippen molar-refractivity contribution in [2.45, 2.75) is 135 Å². The lowest BCUT2D eigenvalue weighted by atomic mass is 9.77. The average molecular weight is 857 g/mol. The van der Waals surface area contributed by atoms with Crippen LogP contribution in [0, 0.1) is 40.4 Å². The van der Waals surface area contributed by atoms with E-state index in [0.717, 1.165) is 25.7 Å². The van der Waals surface area contributed by atoms with Crippen LogP contribution in [0.3, 0.4) is 0 Å². The van der Waals surface area contributed by atoms with E-state index >= 15 is 9.59 Å². The normalized spacial score (nSPS) is 31.0. The van der Waals surface area contributed by atoms with E-state index in [-0.39, 0.29) is 36.8 Å². The summed E-state index contributed by atoms with van der Waals surface area (Å²) in [6, 6.07) is 4.03. The molecule has 1 saturated heterocycles. The lowest BCUT2D eigenvalue weighted by Crippen LogP contribution is -2.50. The highest BCUT2D eigenvalue weighted by atomic mass is 32.2. The topological polar surface area (TPSA) is 171 Å². The largest absolute Gasteiger partial charge is 0.497 e. The molecule has 0 spiro atoms. The molecule has 1 N–H and O–H groups in total. The van der Waals surface area contributed by atoms with Gasteiger partial charge in [0.25, 0.3) is 0 Å². The summed E-state index contributed by atoms with van der Waals surface area (Å²) in [6.45, 7) is 10.7. The smallest absolute Gasteiger partial charge is 0.306 e. The molecule has 328 valence electrons. The van der Waals surface area contributed by atoms with Crippen LogP contribution in [0.5, 0.6) is 11.6 Å². The van der Waals surface area contributed by atoms with Crippen LogP contribution in [0.1, 0.15) is 111 Å². The molecule has 8 atom stereocenters. The molecular weight excluding hydrogens is 799 g/mol. The van der Waals surface area contributed by atoms with Crippen molar-refractivity contribution in [3.8, 4) is 11.6 Å². The van der Waals surface area contributed by atoms with Crippen LogP contribution in [-0.4, -0.2) is 89.9 Å². The fraction of sp³-hybridized carbons (Fsp3) is 0.682. The summed E-state index contributed by atoms with van der Waals surface area (Å²) >= 11 is 0. The van der Waals surface area contributed by atoms with Gasteiger partial charge in [0.05, 0.1) is 53.2 Å². The molecule has 5 aliphatic rings. The number of ketones is 1. The molecule has 1 aromatic heterocycles. The van der Waals surface area contributed by atoms with Gasteiger partial charge in [0.15, 0.2) is 5.78 Å². The van der Waals surface area contributed by atoms with Crippen molar-refractivity contribution in [2.75, 3.05) is 13.7 Å². The number of ether oxygens (including phenoxy) is 3. The van der Waals surface area contributed by atoms with Crippen LogP contribution in [0.2, 0.25) is 0 Å². The van der Waals surface area contributed by atoms with Crippen molar-refractivity contribution < 1.29 is 50.6 Å². The van der Waals surface area contributed by atoms with Gasteiger partial charge in [0.1, 0.15) is 23.7 Å². The zero-order valence-corrected chi connectivity index (χ0v) is 36.4. The summed E-state index contributed by atoms with van der Waals surface area (Å²) in [7, 11) is -2.67.